The zero-order valence-electron chi connectivity index (χ0n) is 15.5. The Bertz CT molecular complexity index is 1100. The molecule has 0 bridgehead atoms. The van der Waals surface area contributed by atoms with Gasteiger partial charge in [0.2, 0.25) is 5.88 Å². The van der Waals surface area contributed by atoms with Gasteiger partial charge in [0, 0.05) is 11.0 Å². The maximum atomic E-state index is 16.4. The van der Waals surface area contributed by atoms with Gasteiger partial charge in [0.1, 0.15) is 16.7 Å². The lowest BCUT2D eigenvalue weighted by atomic mass is 9.90. The molecular weight excluding hydrogens is 424 g/mol. The van der Waals surface area contributed by atoms with Crippen LogP contribution in [0.3, 0.4) is 0 Å². The van der Waals surface area contributed by atoms with Crippen LogP contribution in [0.1, 0.15) is 17.7 Å². The molecule has 2 aromatic rings. The van der Waals surface area contributed by atoms with Crippen LogP contribution in [-0.4, -0.2) is 36.0 Å². The van der Waals surface area contributed by atoms with Crippen molar-refractivity contribution in [2.45, 2.75) is 23.5 Å². The molecule has 3 aliphatic rings. The van der Waals surface area contributed by atoms with Gasteiger partial charge in [-0.1, -0.05) is 12.1 Å². The molecular formula is C20H14F4N2O3S. The second-order valence-electron chi connectivity index (χ2n) is 7.06. The first-order valence-corrected chi connectivity index (χ1v) is 9.91. The molecule has 2 atom stereocenters. The molecule has 0 aliphatic carbocycles. The number of hydrogen-bond donors (Lipinski definition) is 0. The molecule has 5 rings (SSSR count). The third-order valence-corrected chi connectivity index (χ3v) is 6.64. The van der Waals surface area contributed by atoms with Gasteiger partial charge in [0.25, 0.3) is 11.6 Å². The minimum atomic E-state index is -4.34. The third kappa shape index (κ3) is 2.62. The highest BCUT2D eigenvalue weighted by molar-refractivity contribution is 8.04. The second kappa shape index (κ2) is 6.37. The van der Waals surface area contributed by atoms with E-state index >= 15 is 4.39 Å². The minimum absolute atomic E-state index is 0.0132. The Labute approximate surface area is 172 Å². The van der Waals surface area contributed by atoms with Crippen molar-refractivity contribution in [2.24, 2.45) is 0 Å². The number of ether oxygens (including phenoxy) is 2. The Balaban J connectivity index is 1.55. The van der Waals surface area contributed by atoms with Gasteiger partial charge in [-0.3, -0.25) is 4.79 Å². The minimum Gasteiger partial charge on any atom is -0.481 e. The molecule has 0 saturated heterocycles. The number of halogens is 4. The van der Waals surface area contributed by atoms with Gasteiger partial charge in [0.05, 0.1) is 24.9 Å². The fourth-order valence-electron chi connectivity index (χ4n) is 3.92. The quantitative estimate of drug-likeness (QED) is 0.650. The Hall–Kier alpha value is -2.75. The van der Waals surface area contributed by atoms with Crippen LogP contribution in [0, 0.1) is 0 Å². The number of benzene rings is 1. The summed E-state index contributed by atoms with van der Waals surface area (Å²) in [6.07, 6.45) is -3.07. The average molecular weight is 438 g/mol. The first-order valence-electron chi connectivity index (χ1n) is 9.03. The Morgan fingerprint density at radius 3 is 2.80 bits per heavy atom. The van der Waals surface area contributed by atoms with Crippen molar-refractivity contribution in [3.63, 3.8) is 0 Å². The van der Waals surface area contributed by atoms with Crippen molar-refractivity contribution < 1.29 is 31.8 Å². The molecule has 0 N–H and O–H groups in total. The summed E-state index contributed by atoms with van der Waals surface area (Å²) in [5.74, 6) is -0.535. The predicted molar refractivity (Wildman–Crippen MR) is 102 cm³/mol. The number of allylic oxidation sites excluding steroid dienone is 1. The number of rotatable bonds is 3. The molecule has 4 heterocycles. The zero-order chi connectivity index (χ0) is 21.3. The van der Waals surface area contributed by atoms with Crippen LogP contribution < -0.4 is 14.4 Å². The van der Waals surface area contributed by atoms with Crippen LogP contribution in [0.15, 0.2) is 41.3 Å². The largest absolute Gasteiger partial charge is 0.481 e. The molecule has 2 unspecified atom stereocenters. The van der Waals surface area contributed by atoms with E-state index in [0.717, 1.165) is 4.90 Å². The van der Waals surface area contributed by atoms with Crippen LogP contribution in [-0.2, 0) is 10.5 Å². The molecule has 1 aromatic carbocycles. The van der Waals surface area contributed by atoms with Crippen molar-refractivity contribution in [3.8, 4) is 17.4 Å². The number of aromatic nitrogens is 1. The lowest BCUT2D eigenvalue weighted by molar-refractivity contribution is -0.128. The van der Waals surface area contributed by atoms with E-state index in [-0.39, 0.29) is 47.3 Å². The lowest BCUT2D eigenvalue weighted by Crippen LogP contribution is -2.40. The SMILES string of the molecule is COc1ccc2c(n1)C1(F)C(=O)N(CC3=CCC(C(F)(F)F)S3)c3cccc(c31)O2. The topological polar surface area (TPSA) is 51.7 Å². The van der Waals surface area contributed by atoms with Crippen LogP contribution in [0.5, 0.6) is 17.4 Å². The van der Waals surface area contributed by atoms with Gasteiger partial charge >= 0.3 is 6.18 Å². The normalized spacial score (nSPS) is 24.3. The molecule has 0 spiro atoms. The monoisotopic (exact) mass is 438 g/mol. The van der Waals surface area contributed by atoms with E-state index in [0.29, 0.717) is 16.7 Å². The number of alkyl halides is 4. The molecule has 5 nitrogen and oxygen atoms in total. The van der Waals surface area contributed by atoms with Crippen LogP contribution in [0.25, 0.3) is 0 Å². The zero-order valence-corrected chi connectivity index (χ0v) is 16.3. The van der Waals surface area contributed by atoms with Crippen molar-refractivity contribution in [3.05, 3.63) is 52.6 Å². The summed E-state index contributed by atoms with van der Waals surface area (Å²) < 4.78 is 66.3. The summed E-state index contributed by atoms with van der Waals surface area (Å²) in [4.78, 5) is 18.9. The summed E-state index contributed by atoms with van der Waals surface area (Å²) >= 11 is 0.653. The summed E-state index contributed by atoms with van der Waals surface area (Å²) in [5.41, 5.74) is -2.57. The number of thioether (sulfide) groups is 1. The Morgan fingerprint density at radius 2 is 2.10 bits per heavy atom. The third-order valence-electron chi connectivity index (χ3n) is 5.30. The first-order chi connectivity index (χ1) is 14.2. The predicted octanol–water partition coefficient (Wildman–Crippen LogP) is 4.71. The number of anilines is 1. The second-order valence-corrected chi connectivity index (χ2v) is 8.39. The summed E-state index contributed by atoms with van der Waals surface area (Å²) in [7, 11) is 1.37. The summed E-state index contributed by atoms with van der Waals surface area (Å²) in [6.45, 7) is -0.155. The Kier molecular flexibility index (Phi) is 4.08. The van der Waals surface area contributed by atoms with E-state index in [1.807, 2.05) is 0 Å². The van der Waals surface area contributed by atoms with Crippen LogP contribution >= 0.6 is 11.8 Å². The smallest absolute Gasteiger partial charge is 0.401 e. The Morgan fingerprint density at radius 1 is 1.30 bits per heavy atom. The maximum absolute atomic E-state index is 16.4. The van der Waals surface area contributed by atoms with Crippen LogP contribution in [0.2, 0.25) is 0 Å². The molecule has 0 saturated carbocycles. The average Bonchev–Trinajstić information content (AvgIpc) is 3.27. The van der Waals surface area contributed by atoms with Crippen molar-refractivity contribution >= 4 is 23.4 Å². The highest BCUT2D eigenvalue weighted by atomic mass is 32.2. The summed E-state index contributed by atoms with van der Waals surface area (Å²) in [6, 6.07) is 7.66. The van der Waals surface area contributed by atoms with Gasteiger partial charge < -0.3 is 14.4 Å². The highest BCUT2D eigenvalue weighted by Gasteiger charge is 2.60. The number of pyridine rings is 1. The van der Waals surface area contributed by atoms with Gasteiger partial charge in [-0.25, -0.2) is 9.37 Å². The lowest BCUT2D eigenvalue weighted by Gasteiger charge is -2.27. The van der Waals surface area contributed by atoms with E-state index in [2.05, 4.69) is 4.98 Å². The number of methoxy groups -OCH3 is 1. The standard InChI is InChI=1S/C20H14F4N2O3S/c1-28-15-8-6-13-17(25-15)19(21)16-11(3-2-4-12(16)29-13)26(18(19)27)9-10-5-7-14(30-10)20(22,23)24/h2-6,8,14H,7,9H2,1H3. The molecule has 156 valence electrons. The molecule has 0 radical (unpaired) electrons. The molecule has 30 heavy (non-hydrogen) atoms. The molecule has 0 fully saturated rings. The number of carbonyl (C=O) groups is 1. The fraction of sp³-hybridized carbons (Fsp3) is 0.300. The van der Waals surface area contributed by atoms with E-state index in [4.69, 9.17) is 9.47 Å². The van der Waals surface area contributed by atoms with E-state index in [9.17, 15) is 18.0 Å². The number of fused-ring (bicyclic) bond motifs is 2. The number of carbonyl (C=O) groups excluding carboxylic acids is 1. The van der Waals surface area contributed by atoms with E-state index < -0.39 is 23.0 Å². The highest BCUT2D eigenvalue weighted by Crippen LogP contribution is 2.57. The van der Waals surface area contributed by atoms with Crippen molar-refractivity contribution in [1.29, 1.82) is 0 Å². The van der Waals surface area contributed by atoms with Crippen LogP contribution in [0.4, 0.5) is 23.2 Å². The maximum Gasteiger partial charge on any atom is 0.401 e. The van der Waals surface area contributed by atoms with Gasteiger partial charge in [-0.15, -0.1) is 11.8 Å². The van der Waals surface area contributed by atoms with E-state index in [1.165, 1.54) is 25.3 Å². The molecule has 1 aromatic heterocycles. The van der Waals surface area contributed by atoms with Gasteiger partial charge in [0.15, 0.2) is 5.75 Å². The van der Waals surface area contributed by atoms with E-state index in [1.54, 1.807) is 18.2 Å². The van der Waals surface area contributed by atoms with Gasteiger partial charge in [-0.05, 0) is 24.6 Å². The summed E-state index contributed by atoms with van der Waals surface area (Å²) in [5, 5.41) is -1.56. The number of amides is 1. The number of nitrogens with zero attached hydrogens (tertiary/aromatic N) is 2. The van der Waals surface area contributed by atoms with Gasteiger partial charge in [-0.2, -0.15) is 13.2 Å². The van der Waals surface area contributed by atoms with Crippen molar-refractivity contribution in [1.82, 2.24) is 4.98 Å². The molecule has 1 amide bonds. The molecule has 3 aliphatic heterocycles. The fourth-order valence-corrected chi connectivity index (χ4v) is 5.01. The van der Waals surface area contributed by atoms with Crippen molar-refractivity contribution in [2.75, 3.05) is 18.6 Å². The first kappa shape index (κ1) is 19.2. The number of hydrogen-bond acceptors (Lipinski definition) is 5. The molecule has 10 heteroatoms.